The van der Waals surface area contributed by atoms with Gasteiger partial charge in [-0.2, -0.15) is 0 Å². The molecule has 0 bridgehead atoms. The third kappa shape index (κ3) is 4.50. The fourth-order valence-electron chi connectivity index (χ4n) is 2.10. The first-order valence-corrected chi connectivity index (χ1v) is 11.1. The van der Waals surface area contributed by atoms with Gasteiger partial charge >= 0.3 is 0 Å². The molecular weight excluding hydrogens is 434 g/mol. The molecule has 3 rings (SSSR count). The standard InChI is InChI=1S/C15H10ClN3O5S3/c1-27(23,24)10-5-8(4-9(6-10)19(21)22)14(20)18-15-17-11(7-25-15)12-2-3-13(16)26-12/h2-7H,1H3,(H,17,18,20). The molecule has 0 aliphatic rings. The van der Waals surface area contributed by atoms with Gasteiger partial charge in [-0.05, 0) is 18.2 Å². The van der Waals surface area contributed by atoms with Gasteiger partial charge in [0.15, 0.2) is 15.0 Å². The molecule has 0 spiro atoms. The van der Waals surface area contributed by atoms with Gasteiger partial charge in [-0.15, -0.1) is 22.7 Å². The number of nitrogens with zero attached hydrogens (tertiary/aromatic N) is 2. The summed E-state index contributed by atoms with van der Waals surface area (Å²) in [6.07, 6.45) is 0.910. The number of thiazole rings is 1. The van der Waals surface area contributed by atoms with Gasteiger partial charge in [0.1, 0.15) is 0 Å². The second-order valence-electron chi connectivity index (χ2n) is 5.34. The number of nitrogens with one attached hydrogen (secondary N) is 1. The lowest BCUT2D eigenvalue weighted by molar-refractivity contribution is -0.385. The predicted octanol–water partition coefficient (Wildman–Crippen LogP) is 4.09. The second kappa shape index (κ2) is 7.35. The van der Waals surface area contributed by atoms with Gasteiger partial charge in [-0.3, -0.25) is 20.2 Å². The van der Waals surface area contributed by atoms with Crippen molar-refractivity contribution in [3.05, 3.63) is 55.7 Å². The predicted molar refractivity (Wildman–Crippen MR) is 105 cm³/mol. The number of anilines is 1. The zero-order valence-electron chi connectivity index (χ0n) is 13.5. The van der Waals surface area contributed by atoms with Crippen molar-refractivity contribution in [1.29, 1.82) is 0 Å². The molecule has 0 fully saturated rings. The Hall–Kier alpha value is -2.34. The number of aromatic nitrogens is 1. The van der Waals surface area contributed by atoms with Crippen molar-refractivity contribution in [2.75, 3.05) is 11.6 Å². The van der Waals surface area contributed by atoms with Gasteiger partial charge < -0.3 is 0 Å². The molecule has 140 valence electrons. The highest BCUT2D eigenvalue weighted by atomic mass is 35.5. The van der Waals surface area contributed by atoms with Gasteiger partial charge in [0.25, 0.3) is 11.6 Å². The molecule has 0 aliphatic heterocycles. The maximum Gasteiger partial charge on any atom is 0.271 e. The van der Waals surface area contributed by atoms with Crippen LogP contribution in [0.2, 0.25) is 4.34 Å². The van der Waals surface area contributed by atoms with Gasteiger partial charge in [-0.1, -0.05) is 11.6 Å². The third-order valence-corrected chi connectivity index (χ3v) is 6.45. The number of nitro groups is 1. The van der Waals surface area contributed by atoms with E-state index in [0.717, 1.165) is 29.3 Å². The summed E-state index contributed by atoms with van der Waals surface area (Å²) in [5.74, 6) is -0.700. The minimum Gasteiger partial charge on any atom is -0.298 e. The first-order chi connectivity index (χ1) is 12.6. The van der Waals surface area contributed by atoms with E-state index in [1.54, 1.807) is 17.5 Å². The third-order valence-electron chi connectivity index (χ3n) is 3.34. The van der Waals surface area contributed by atoms with E-state index in [1.165, 1.54) is 22.7 Å². The molecule has 0 atom stereocenters. The Morgan fingerprint density at radius 2 is 2.04 bits per heavy atom. The van der Waals surface area contributed by atoms with Crippen LogP contribution in [0.25, 0.3) is 10.6 Å². The lowest BCUT2D eigenvalue weighted by Gasteiger charge is -2.05. The maximum absolute atomic E-state index is 12.4. The molecule has 0 saturated heterocycles. The largest absolute Gasteiger partial charge is 0.298 e. The molecule has 0 aliphatic carbocycles. The van der Waals surface area contributed by atoms with Crippen molar-refractivity contribution in [2.45, 2.75) is 4.90 Å². The first-order valence-electron chi connectivity index (χ1n) is 7.15. The van der Waals surface area contributed by atoms with E-state index in [2.05, 4.69) is 10.3 Å². The molecule has 12 heteroatoms. The van der Waals surface area contributed by atoms with Crippen LogP contribution in [-0.4, -0.2) is 30.5 Å². The zero-order valence-corrected chi connectivity index (χ0v) is 16.7. The number of carbonyl (C=O) groups is 1. The Morgan fingerprint density at radius 3 is 2.63 bits per heavy atom. The van der Waals surface area contributed by atoms with Crippen LogP contribution >= 0.6 is 34.3 Å². The number of sulfone groups is 1. The van der Waals surface area contributed by atoms with E-state index in [4.69, 9.17) is 11.6 Å². The molecule has 8 nitrogen and oxygen atoms in total. The number of halogens is 1. The quantitative estimate of drug-likeness (QED) is 0.468. The van der Waals surface area contributed by atoms with E-state index in [1.807, 2.05) is 0 Å². The summed E-state index contributed by atoms with van der Waals surface area (Å²) in [7, 11) is -3.73. The molecule has 3 aromatic rings. The average molecular weight is 444 g/mol. The minimum absolute atomic E-state index is 0.152. The van der Waals surface area contributed by atoms with Crippen LogP contribution in [0.3, 0.4) is 0 Å². The van der Waals surface area contributed by atoms with Crippen molar-refractivity contribution in [1.82, 2.24) is 4.98 Å². The van der Waals surface area contributed by atoms with Crippen LogP contribution in [0.5, 0.6) is 0 Å². The Kier molecular flexibility index (Phi) is 5.29. The number of hydrogen-bond donors (Lipinski definition) is 1. The smallest absolute Gasteiger partial charge is 0.271 e. The molecule has 0 saturated carbocycles. The van der Waals surface area contributed by atoms with E-state index >= 15 is 0 Å². The first kappa shape index (κ1) is 19.4. The molecule has 1 amide bonds. The average Bonchev–Trinajstić information content (AvgIpc) is 3.22. The van der Waals surface area contributed by atoms with E-state index < -0.39 is 26.4 Å². The Morgan fingerprint density at radius 1 is 1.30 bits per heavy atom. The van der Waals surface area contributed by atoms with Crippen molar-refractivity contribution in [3.8, 4) is 10.6 Å². The zero-order chi connectivity index (χ0) is 19.8. The number of amides is 1. The van der Waals surface area contributed by atoms with E-state index in [0.29, 0.717) is 10.0 Å². The molecule has 1 aromatic carbocycles. The lowest BCUT2D eigenvalue weighted by Crippen LogP contribution is -2.13. The summed E-state index contributed by atoms with van der Waals surface area (Å²) in [6.45, 7) is 0. The molecule has 27 heavy (non-hydrogen) atoms. The van der Waals surface area contributed by atoms with E-state index in [-0.39, 0.29) is 15.6 Å². The number of hydrogen-bond acceptors (Lipinski definition) is 8. The summed E-state index contributed by atoms with van der Waals surface area (Å²) < 4.78 is 24.1. The molecule has 0 radical (unpaired) electrons. The normalized spacial score (nSPS) is 11.3. The van der Waals surface area contributed by atoms with Crippen molar-refractivity contribution in [2.24, 2.45) is 0 Å². The number of rotatable bonds is 5. The van der Waals surface area contributed by atoms with Gasteiger partial charge in [-0.25, -0.2) is 13.4 Å². The molecule has 2 heterocycles. The van der Waals surface area contributed by atoms with Gasteiger partial charge in [0.05, 0.1) is 24.7 Å². The number of nitro benzene ring substituents is 1. The maximum atomic E-state index is 12.4. The molecule has 0 unspecified atom stereocenters. The highest BCUT2D eigenvalue weighted by Gasteiger charge is 2.20. The van der Waals surface area contributed by atoms with Crippen LogP contribution in [0.15, 0.2) is 40.6 Å². The molecule has 2 aromatic heterocycles. The van der Waals surface area contributed by atoms with Crippen LogP contribution in [0.4, 0.5) is 10.8 Å². The Labute approximate surface area is 166 Å². The number of thiophene rings is 1. The van der Waals surface area contributed by atoms with Crippen LogP contribution in [0.1, 0.15) is 10.4 Å². The fourth-order valence-corrected chi connectivity index (χ4v) is 4.56. The van der Waals surface area contributed by atoms with Crippen LogP contribution < -0.4 is 5.32 Å². The van der Waals surface area contributed by atoms with Gasteiger partial charge in [0.2, 0.25) is 0 Å². The second-order valence-corrected chi connectivity index (χ2v) is 9.93. The Balaban J connectivity index is 1.89. The lowest BCUT2D eigenvalue weighted by atomic mass is 10.2. The van der Waals surface area contributed by atoms with Crippen LogP contribution in [0, 0.1) is 10.1 Å². The summed E-state index contributed by atoms with van der Waals surface area (Å²) >= 11 is 8.39. The monoisotopic (exact) mass is 443 g/mol. The van der Waals surface area contributed by atoms with Crippen molar-refractivity contribution < 1.29 is 18.1 Å². The molecular formula is C15H10ClN3O5S3. The fraction of sp³-hybridized carbons (Fsp3) is 0.0667. The summed E-state index contributed by atoms with van der Waals surface area (Å²) in [4.78, 5) is 27.5. The summed E-state index contributed by atoms with van der Waals surface area (Å²) in [6, 6.07) is 6.54. The number of benzene rings is 1. The SMILES string of the molecule is CS(=O)(=O)c1cc(C(=O)Nc2nc(-c3ccc(Cl)s3)cs2)cc([N+](=O)[O-])c1. The highest BCUT2D eigenvalue weighted by molar-refractivity contribution is 7.90. The van der Waals surface area contributed by atoms with Crippen molar-refractivity contribution in [3.63, 3.8) is 0 Å². The summed E-state index contributed by atoms with van der Waals surface area (Å²) in [5.41, 5.74) is -0.0141. The molecule has 1 N–H and O–H groups in total. The van der Waals surface area contributed by atoms with Crippen molar-refractivity contribution >= 4 is 60.8 Å². The van der Waals surface area contributed by atoms with E-state index in [9.17, 15) is 23.3 Å². The number of carbonyl (C=O) groups excluding carboxylic acids is 1. The Bertz CT molecular complexity index is 1150. The summed E-state index contributed by atoms with van der Waals surface area (Å²) in [5, 5.41) is 15.6. The minimum atomic E-state index is -3.73. The van der Waals surface area contributed by atoms with Crippen LogP contribution in [-0.2, 0) is 9.84 Å². The highest BCUT2D eigenvalue weighted by Crippen LogP contribution is 2.33. The topological polar surface area (TPSA) is 119 Å². The number of non-ortho nitro benzene ring substituents is 1. The van der Waals surface area contributed by atoms with Gasteiger partial charge in [0, 0.05) is 29.3 Å².